The number of amides is 2. The Morgan fingerprint density at radius 1 is 0.677 bits per heavy atom. The molecule has 0 atom stereocenters. The molecular weight excluding hydrogens is 394 g/mol. The third-order valence-corrected chi connectivity index (χ3v) is 4.80. The van der Waals surface area contributed by atoms with Crippen LogP contribution in [0.3, 0.4) is 0 Å². The van der Waals surface area contributed by atoms with Crippen LogP contribution in [0.25, 0.3) is 10.8 Å². The van der Waals surface area contributed by atoms with Crippen molar-refractivity contribution in [1.29, 1.82) is 0 Å². The Morgan fingerprint density at radius 2 is 1.29 bits per heavy atom. The summed E-state index contributed by atoms with van der Waals surface area (Å²) in [6.07, 6.45) is 0. The smallest absolute Gasteiger partial charge is 0.269 e. The first-order valence-electron chi connectivity index (χ1n) is 9.47. The Hall–Kier alpha value is -4.52. The van der Waals surface area contributed by atoms with E-state index in [1.165, 1.54) is 24.3 Å². The van der Waals surface area contributed by atoms with Crippen LogP contribution in [0, 0.1) is 10.1 Å². The molecule has 0 aliphatic heterocycles. The van der Waals surface area contributed by atoms with Crippen molar-refractivity contribution in [3.05, 3.63) is 112 Å². The lowest BCUT2D eigenvalue weighted by Gasteiger charge is -2.13. The van der Waals surface area contributed by atoms with Gasteiger partial charge in [0.2, 0.25) is 0 Å². The molecule has 7 nitrogen and oxygen atoms in total. The summed E-state index contributed by atoms with van der Waals surface area (Å²) in [6, 6.07) is 25.3. The first-order chi connectivity index (χ1) is 15.0. The second kappa shape index (κ2) is 8.46. The maximum Gasteiger partial charge on any atom is 0.269 e. The SMILES string of the molecule is O=C(Nc1ccccc1C(=O)Nc1cccc2ccccc12)c1ccc([N+](=O)[O-])cc1. The van der Waals surface area contributed by atoms with Gasteiger partial charge in [-0.15, -0.1) is 0 Å². The van der Waals surface area contributed by atoms with Gasteiger partial charge in [-0.2, -0.15) is 0 Å². The fourth-order valence-electron chi connectivity index (χ4n) is 3.24. The summed E-state index contributed by atoms with van der Waals surface area (Å²) in [4.78, 5) is 35.8. The van der Waals surface area contributed by atoms with Crippen LogP contribution in [-0.4, -0.2) is 16.7 Å². The molecule has 7 heteroatoms. The number of carbonyl (C=O) groups excluding carboxylic acids is 2. The molecule has 0 fully saturated rings. The van der Waals surface area contributed by atoms with Crippen molar-refractivity contribution in [3.63, 3.8) is 0 Å². The molecule has 0 bridgehead atoms. The first-order valence-corrected chi connectivity index (χ1v) is 9.47. The number of hydrogen-bond donors (Lipinski definition) is 2. The van der Waals surface area contributed by atoms with Gasteiger partial charge in [-0.1, -0.05) is 48.5 Å². The number of fused-ring (bicyclic) bond motifs is 1. The molecule has 0 saturated heterocycles. The van der Waals surface area contributed by atoms with Crippen molar-refractivity contribution in [2.75, 3.05) is 10.6 Å². The van der Waals surface area contributed by atoms with Crippen molar-refractivity contribution in [2.45, 2.75) is 0 Å². The minimum absolute atomic E-state index is 0.105. The molecule has 31 heavy (non-hydrogen) atoms. The van der Waals surface area contributed by atoms with Crippen molar-refractivity contribution >= 4 is 39.6 Å². The maximum atomic E-state index is 13.0. The number of rotatable bonds is 5. The molecule has 152 valence electrons. The molecule has 0 aliphatic carbocycles. The molecule has 4 aromatic rings. The summed E-state index contributed by atoms with van der Waals surface area (Å²) < 4.78 is 0. The number of nitro benzene ring substituents is 1. The second-order valence-corrected chi connectivity index (χ2v) is 6.78. The quantitative estimate of drug-likeness (QED) is 0.346. The zero-order chi connectivity index (χ0) is 21.8. The van der Waals surface area contributed by atoms with E-state index in [2.05, 4.69) is 10.6 Å². The van der Waals surface area contributed by atoms with Gasteiger partial charge in [0.1, 0.15) is 0 Å². The molecule has 0 aliphatic rings. The van der Waals surface area contributed by atoms with E-state index in [0.29, 0.717) is 16.9 Å². The Bertz CT molecular complexity index is 1290. The zero-order valence-corrected chi connectivity index (χ0v) is 16.2. The highest BCUT2D eigenvalue weighted by molar-refractivity contribution is 6.14. The van der Waals surface area contributed by atoms with Gasteiger partial charge in [0.25, 0.3) is 17.5 Å². The van der Waals surface area contributed by atoms with Gasteiger partial charge in [-0.25, -0.2) is 0 Å². The Labute approximate surface area is 177 Å². The number of nitro groups is 1. The normalized spacial score (nSPS) is 10.5. The summed E-state index contributed by atoms with van der Waals surface area (Å²) in [5, 5.41) is 18.3. The highest BCUT2D eigenvalue weighted by atomic mass is 16.6. The Morgan fingerprint density at radius 3 is 2.06 bits per heavy atom. The standard InChI is InChI=1S/C24H17N3O4/c28-23(17-12-14-18(15-13-17)27(30)31)25-22-10-4-3-9-20(22)24(29)26-21-11-5-7-16-6-1-2-8-19(16)21/h1-15H,(H,25,28)(H,26,29). The van der Waals surface area contributed by atoms with Crippen LogP contribution < -0.4 is 10.6 Å². The second-order valence-electron chi connectivity index (χ2n) is 6.78. The van der Waals surface area contributed by atoms with Crippen LogP contribution in [0.4, 0.5) is 17.1 Å². The minimum Gasteiger partial charge on any atom is -0.321 e. The first kappa shape index (κ1) is 19.8. The average Bonchev–Trinajstić information content (AvgIpc) is 2.79. The molecule has 0 unspecified atom stereocenters. The van der Waals surface area contributed by atoms with Crippen molar-refractivity contribution in [1.82, 2.24) is 0 Å². The molecule has 0 radical (unpaired) electrons. The summed E-state index contributed by atoms with van der Waals surface area (Å²) in [5.41, 5.74) is 1.44. The maximum absolute atomic E-state index is 13.0. The highest BCUT2D eigenvalue weighted by Gasteiger charge is 2.16. The van der Waals surface area contributed by atoms with E-state index < -0.39 is 10.8 Å². The van der Waals surface area contributed by atoms with Crippen molar-refractivity contribution in [2.24, 2.45) is 0 Å². The largest absolute Gasteiger partial charge is 0.321 e. The summed E-state index contributed by atoms with van der Waals surface area (Å²) >= 11 is 0. The predicted molar refractivity (Wildman–Crippen MR) is 119 cm³/mol. The van der Waals surface area contributed by atoms with Crippen LogP contribution in [0.15, 0.2) is 91.0 Å². The van der Waals surface area contributed by atoms with E-state index in [-0.39, 0.29) is 17.2 Å². The van der Waals surface area contributed by atoms with E-state index >= 15 is 0 Å². The third kappa shape index (κ3) is 4.25. The van der Waals surface area contributed by atoms with Gasteiger partial charge in [0.15, 0.2) is 0 Å². The van der Waals surface area contributed by atoms with Crippen LogP contribution in [0.1, 0.15) is 20.7 Å². The van der Waals surface area contributed by atoms with Crippen molar-refractivity contribution in [3.8, 4) is 0 Å². The molecule has 4 aromatic carbocycles. The van der Waals surface area contributed by atoms with Crippen LogP contribution in [0.2, 0.25) is 0 Å². The van der Waals surface area contributed by atoms with Gasteiger partial charge >= 0.3 is 0 Å². The lowest BCUT2D eigenvalue weighted by Crippen LogP contribution is -2.18. The number of nitrogens with one attached hydrogen (secondary N) is 2. The molecule has 0 saturated carbocycles. The van der Waals surface area contributed by atoms with E-state index in [1.54, 1.807) is 24.3 Å². The van der Waals surface area contributed by atoms with Crippen molar-refractivity contribution < 1.29 is 14.5 Å². The van der Waals surface area contributed by atoms with Gasteiger partial charge in [-0.05, 0) is 35.7 Å². The molecule has 4 rings (SSSR count). The van der Waals surface area contributed by atoms with Gasteiger partial charge in [0, 0.05) is 28.8 Å². The monoisotopic (exact) mass is 411 g/mol. The molecule has 2 amide bonds. The summed E-state index contributed by atoms with van der Waals surface area (Å²) in [7, 11) is 0. The summed E-state index contributed by atoms with van der Waals surface area (Å²) in [5.74, 6) is -0.837. The Kier molecular flexibility index (Phi) is 5.40. The molecule has 0 heterocycles. The van der Waals surface area contributed by atoms with Crippen LogP contribution in [0.5, 0.6) is 0 Å². The van der Waals surface area contributed by atoms with Crippen LogP contribution in [-0.2, 0) is 0 Å². The number of benzene rings is 4. The fraction of sp³-hybridized carbons (Fsp3) is 0. The van der Waals surface area contributed by atoms with Gasteiger partial charge in [0.05, 0.1) is 16.2 Å². The molecule has 0 aromatic heterocycles. The lowest BCUT2D eigenvalue weighted by molar-refractivity contribution is -0.384. The summed E-state index contributed by atoms with van der Waals surface area (Å²) in [6.45, 7) is 0. The third-order valence-electron chi connectivity index (χ3n) is 4.80. The lowest BCUT2D eigenvalue weighted by atomic mass is 10.1. The average molecular weight is 411 g/mol. The van der Waals surface area contributed by atoms with E-state index in [0.717, 1.165) is 10.8 Å². The fourth-order valence-corrected chi connectivity index (χ4v) is 3.24. The number of anilines is 2. The van der Waals surface area contributed by atoms with E-state index in [9.17, 15) is 19.7 Å². The highest BCUT2D eigenvalue weighted by Crippen LogP contribution is 2.25. The predicted octanol–water partition coefficient (Wildman–Crippen LogP) is 5.25. The Balaban J connectivity index is 1.57. The number of hydrogen-bond acceptors (Lipinski definition) is 4. The number of non-ortho nitro benzene ring substituents is 1. The number of nitrogens with zero attached hydrogens (tertiary/aromatic N) is 1. The number of carbonyl (C=O) groups is 2. The van der Waals surface area contributed by atoms with E-state index in [4.69, 9.17) is 0 Å². The zero-order valence-electron chi connectivity index (χ0n) is 16.2. The molecule has 0 spiro atoms. The number of para-hydroxylation sites is 1. The van der Waals surface area contributed by atoms with Gasteiger partial charge in [-0.3, -0.25) is 19.7 Å². The molecular formula is C24H17N3O4. The molecule has 2 N–H and O–H groups in total. The topological polar surface area (TPSA) is 101 Å². The van der Waals surface area contributed by atoms with E-state index in [1.807, 2.05) is 42.5 Å². The van der Waals surface area contributed by atoms with Gasteiger partial charge < -0.3 is 10.6 Å². The van der Waals surface area contributed by atoms with Crippen LogP contribution >= 0.6 is 0 Å². The minimum atomic E-state index is -0.533.